The van der Waals surface area contributed by atoms with Crippen molar-refractivity contribution >= 4 is 17.6 Å². The van der Waals surface area contributed by atoms with Crippen LogP contribution in [0.2, 0.25) is 0 Å². The number of hydrogen-bond acceptors (Lipinski definition) is 3. The largest absolute Gasteiger partial charge is 0.370 e. The maximum atomic E-state index is 12.0. The van der Waals surface area contributed by atoms with Crippen LogP contribution in [-0.4, -0.2) is 57.5 Å². The third kappa shape index (κ3) is 6.01. The number of hydrogen-bond donors (Lipinski definition) is 2. The number of aliphatic imine (C=N–C) groups is 1. The van der Waals surface area contributed by atoms with Gasteiger partial charge in [0.05, 0.1) is 0 Å². The number of carbonyl (C=O) groups is 1. The van der Waals surface area contributed by atoms with Crippen LogP contribution >= 0.6 is 0 Å². The molecule has 2 aromatic carbocycles. The van der Waals surface area contributed by atoms with Crippen LogP contribution in [0.5, 0.6) is 0 Å². The highest BCUT2D eigenvalue weighted by Gasteiger charge is 2.11. The molecule has 1 unspecified atom stereocenters. The minimum atomic E-state index is 0.00788. The number of amides is 1. The van der Waals surface area contributed by atoms with E-state index in [1.165, 1.54) is 5.69 Å². The minimum Gasteiger partial charge on any atom is -0.370 e. The van der Waals surface area contributed by atoms with Crippen molar-refractivity contribution in [1.29, 1.82) is 0 Å². The molecule has 1 amide bonds. The average Bonchev–Trinajstić information content (AvgIpc) is 2.73. The molecule has 0 radical (unpaired) electrons. The van der Waals surface area contributed by atoms with Gasteiger partial charge in [0, 0.05) is 58.6 Å². The van der Waals surface area contributed by atoms with E-state index in [0.29, 0.717) is 18.2 Å². The summed E-state index contributed by atoms with van der Waals surface area (Å²) in [5.41, 5.74) is 2.97. The molecule has 0 fully saturated rings. The molecule has 0 saturated heterocycles. The molecule has 0 saturated carbocycles. The van der Waals surface area contributed by atoms with Gasteiger partial charge in [-0.15, -0.1) is 0 Å². The molecule has 0 aromatic heterocycles. The van der Waals surface area contributed by atoms with E-state index in [0.717, 1.165) is 18.1 Å². The zero-order valence-electron chi connectivity index (χ0n) is 17.4. The van der Waals surface area contributed by atoms with Gasteiger partial charge in [-0.05, 0) is 36.8 Å². The highest BCUT2D eigenvalue weighted by Crippen LogP contribution is 2.13. The van der Waals surface area contributed by atoms with E-state index in [-0.39, 0.29) is 5.91 Å². The van der Waals surface area contributed by atoms with Gasteiger partial charge in [0.1, 0.15) is 0 Å². The lowest BCUT2D eigenvalue weighted by Gasteiger charge is -2.27. The fourth-order valence-electron chi connectivity index (χ4n) is 2.73. The summed E-state index contributed by atoms with van der Waals surface area (Å²) in [7, 11) is 7.36. The number of likely N-dealkylation sites (N-methyl/N-ethyl adjacent to an activating group) is 1. The summed E-state index contributed by atoms with van der Waals surface area (Å²) < 4.78 is 0. The van der Waals surface area contributed by atoms with Crippen molar-refractivity contribution < 1.29 is 4.79 Å². The van der Waals surface area contributed by atoms with Gasteiger partial charge < -0.3 is 20.4 Å². The molecule has 0 aliphatic rings. The molecule has 2 rings (SSSR count). The summed E-state index contributed by atoms with van der Waals surface area (Å²) in [5.74, 6) is 0.760. The molecular formula is C22H31N5O. The second-order valence-corrected chi connectivity index (χ2v) is 7.00. The summed E-state index contributed by atoms with van der Waals surface area (Å²) in [5, 5.41) is 6.69. The monoisotopic (exact) mass is 381 g/mol. The second kappa shape index (κ2) is 10.3. The van der Waals surface area contributed by atoms with Crippen molar-refractivity contribution in [2.75, 3.05) is 39.6 Å². The predicted molar refractivity (Wildman–Crippen MR) is 117 cm³/mol. The first-order chi connectivity index (χ1) is 13.4. The molecule has 150 valence electrons. The van der Waals surface area contributed by atoms with Gasteiger partial charge in [-0.25, -0.2) is 0 Å². The number of benzene rings is 2. The Bertz CT molecular complexity index is 771. The van der Waals surface area contributed by atoms with Crippen molar-refractivity contribution in [2.45, 2.75) is 19.5 Å². The van der Waals surface area contributed by atoms with Crippen LogP contribution in [0.1, 0.15) is 22.8 Å². The zero-order valence-corrected chi connectivity index (χ0v) is 17.4. The van der Waals surface area contributed by atoms with Gasteiger partial charge >= 0.3 is 0 Å². The van der Waals surface area contributed by atoms with Gasteiger partial charge in [-0.1, -0.05) is 30.3 Å². The molecule has 0 aliphatic heterocycles. The number of anilines is 1. The fraction of sp³-hybridized carbons (Fsp3) is 0.364. The Balaban J connectivity index is 1.83. The van der Waals surface area contributed by atoms with Gasteiger partial charge in [-0.2, -0.15) is 0 Å². The first-order valence-electron chi connectivity index (χ1n) is 9.45. The molecule has 0 spiro atoms. The van der Waals surface area contributed by atoms with Gasteiger partial charge in [0.25, 0.3) is 5.91 Å². The SMILES string of the molecule is CN=C(NCc1ccc(C(=O)N(C)C)cc1)NCC(C)N(C)c1ccccc1. The van der Waals surface area contributed by atoms with Gasteiger partial charge in [-0.3, -0.25) is 9.79 Å². The number of nitrogens with one attached hydrogen (secondary N) is 2. The second-order valence-electron chi connectivity index (χ2n) is 7.00. The molecule has 28 heavy (non-hydrogen) atoms. The summed E-state index contributed by atoms with van der Waals surface area (Å²) in [6, 6.07) is 18.3. The van der Waals surface area contributed by atoms with Crippen molar-refractivity contribution in [3.8, 4) is 0 Å². The van der Waals surface area contributed by atoms with Crippen LogP contribution in [0, 0.1) is 0 Å². The highest BCUT2D eigenvalue weighted by molar-refractivity contribution is 5.93. The van der Waals surface area contributed by atoms with Gasteiger partial charge in [0.15, 0.2) is 5.96 Å². The van der Waals surface area contributed by atoms with E-state index in [4.69, 9.17) is 0 Å². The lowest BCUT2D eigenvalue weighted by atomic mass is 10.1. The first-order valence-corrected chi connectivity index (χ1v) is 9.45. The van der Waals surface area contributed by atoms with E-state index in [1.807, 2.05) is 42.5 Å². The summed E-state index contributed by atoms with van der Waals surface area (Å²) in [6.45, 7) is 3.58. The highest BCUT2D eigenvalue weighted by atomic mass is 16.2. The Hall–Kier alpha value is -3.02. The van der Waals surface area contributed by atoms with E-state index >= 15 is 0 Å². The topological polar surface area (TPSA) is 60.0 Å². The molecule has 0 bridgehead atoms. The van der Waals surface area contributed by atoms with Crippen molar-refractivity contribution in [3.05, 3.63) is 65.7 Å². The van der Waals surface area contributed by atoms with Crippen molar-refractivity contribution in [1.82, 2.24) is 15.5 Å². The third-order valence-corrected chi connectivity index (χ3v) is 4.68. The van der Waals surface area contributed by atoms with Crippen LogP contribution in [0.4, 0.5) is 5.69 Å². The number of rotatable bonds is 7. The molecule has 0 aliphatic carbocycles. The Morgan fingerprint density at radius 1 is 1.00 bits per heavy atom. The lowest BCUT2D eigenvalue weighted by Crippen LogP contribution is -2.44. The maximum absolute atomic E-state index is 12.0. The number of carbonyl (C=O) groups excluding carboxylic acids is 1. The Kier molecular flexibility index (Phi) is 7.87. The molecular weight excluding hydrogens is 350 g/mol. The molecule has 6 heteroatoms. The van der Waals surface area contributed by atoms with Crippen LogP contribution in [0.15, 0.2) is 59.6 Å². The summed E-state index contributed by atoms with van der Waals surface area (Å²) >= 11 is 0. The Morgan fingerprint density at radius 3 is 2.21 bits per heavy atom. The van der Waals surface area contributed by atoms with E-state index in [9.17, 15) is 4.79 Å². The normalized spacial score (nSPS) is 12.2. The standard InChI is InChI=1S/C22H31N5O/c1-17(27(5)20-9-7-6-8-10-20)15-24-22(23-2)25-16-18-11-13-19(14-12-18)21(28)26(3)4/h6-14,17H,15-16H2,1-5H3,(H2,23,24,25). The van der Waals surface area contributed by atoms with Gasteiger partial charge in [0.2, 0.25) is 0 Å². The quantitative estimate of drug-likeness (QED) is 0.572. The minimum absolute atomic E-state index is 0.00788. The number of nitrogens with zero attached hydrogens (tertiary/aromatic N) is 3. The maximum Gasteiger partial charge on any atom is 0.253 e. The molecule has 0 heterocycles. The number of para-hydroxylation sites is 1. The summed E-state index contributed by atoms with van der Waals surface area (Å²) in [4.78, 5) is 20.1. The molecule has 1 atom stereocenters. The molecule has 2 aromatic rings. The fourth-order valence-corrected chi connectivity index (χ4v) is 2.73. The van der Waals surface area contributed by atoms with E-state index < -0.39 is 0 Å². The summed E-state index contributed by atoms with van der Waals surface area (Å²) in [6.07, 6.45) is 0. The predicted octanol–water partition coefficient (Wildman–Crippen LogP) is 2.58. The van der Waals surface area contributed by atoms with Crippen LogP contribution in [0.25, 0.3) is 0 Å². The molecule has 6 nitrogen and oxygen atoms in total. The zero-order chi connectivity index (χ0) is 20.5. The van der Waals surface area contributed by atoms with E-state index in [2.05, 4.69) is 46.6 Å². The first kappa shape index (κ1) is 21.3. The smallest absolute Gasteiger partial charge is 0.253 e. The van der Waals surface area contributed by atoms with Crippen LogP contribution in [-0.2, 0) is 6.54 Å². The molecule has 2 N–H and O–H groups in total. The Morgan fingerprint density at radius 2 is 1.64 bits per heavy atom. The average molecular weight is 382 g/mol. The third-order valence-electron chi connectivity index (χ3n) is 4.68. The van der Waals surface area contributed by atoms with Crippen LogP contribution in [0.3, 0.4) is 0 Å². The van der Waals surface area contributed by atoms with Crippen LogP contribution < -0.4 is 15.5 Å². The van der Waals surface area contributed by atoms with Crippen molar-refractivity contribution in [3.63, 3.8) is 0 Å². The lowest BCUT2D eigenvalue weighted by molar-refractivity contribution is 0.0827. The van der Waals surface area contributed by atoms with Crippen molar-refractivity contribution in [2.24, 2.45) is 4.99 Å². The van der Waals surface area contributed by atoms with E-state index in [1.54, 1.807) is 26.0 Å². The number of guanidine groups is 1. The Labute approximate surface area is 168 Å².